The number of halogens is 2. The number of pyridine rings is 2. The molecular formula is C19H14ClFN4O2. The summed E-state index contributed by atoms with van der Waals surface area (Å²) >= 11 is 5.84. The highest BCUT2D eigenvalue weighted by Crippen LogP contribution is 2.25. The average molecular weight is 385 g/mol. The molecule has 6 nitrogen and oxygen atoms in total. The Morgan fingerprint density at radius 2 is 2.19 bits per heavy atom. The van der Waals surface area contributed by atoms with E-state index in [0.29, 0.717) is 22.2 Å². The van der Waals surface area contributed by atoms with Crippen LogP contribution in [0.15, 0.2) is 58.2 Å². The molecule has 0 aliphatic carbocycles. The number of hydrogen-bond acceptors (Lipinski definition) is 5. The molecule has 0 amide bonds. The summed E-state index contributed by atoms with van der Waals surface area (Å²) in [6, 6.07) is 7.90. The summed E-state index contributed by atoms with van der Waals surface area (Å²) in [5.41, 5.74) is 1.96. The number of fused-ring (bicyclic) bond motifs is 1. The third-order valence-corrected chi connectivity index (χ3v) is 4.47. The van der Waals surface area contributed by atoms with Gasteiger partial charge >= 0.3 is 0 Å². The number of anilines is 1. The molecule has 4 rings (SSSR count). The van der Waals surface area contributed by atoms with Crippen LogP contribution >= 0.6 is 11.6 Å². The molecule has 3 aromatic heterocycles. The first-order valence-corrected chi connectivity index (χ1v) is 8.53. The predicted octanol–water partition coefficient (Wildman–Crippen LogP) is 4.54. The smallest absolute Gasteiger partial charge is 0.295 e. The summed E-state index contributed by atoms with van der Waals surface area (Å²) in [5, 5.41) is 3.68. The van der Waals surface area contributed by atoms with Crippen LogP contribution in [0.3, 0.4) is 0 Å². The number of aromatic nitrogens is 3. The van der Waals surface area contributed by atoms with Crippen LogP contribution in [-0.4, -0.2) is 15.0 Å². The number of aromatic amines is 1. The van der Waals surface area contributed by atoms with Crippen molar-refractivity contribution in [2.24, 2.45) is 0 Å². The maximum absolute atomic E-state index is 13.6. The third kappa shape index (κ3) is 3.41. The summed E-state index contributed by atoms with van der Waals surface area (Å²) in [5.74, 6) is -0.582. The molecule has 0 bridgehead atoms. The summed E-state index contributed by atoms with van der Waals surface area (Å²) in [4.78, 5) is 23.5. The molecule has 2 N–H and O–H groups in total. The highest BCUT2D eigenvalue weighted by molar-refractivity contribution is 6.31. The van der Waals surface area contributed by atoms with Gasteiger partial charge in [0.25, 0.3) is 11.6 Å². The van der Waals surface area contributed by atoms with Gasteiger partial charge in [0.15, 0.2) is 0 Å². The van der Waals surface area contributed by atoms with Crippen LogP contribution in [0.4, 0.5) is 10.4 Å². The maximum Gasteiger partial charge on any atom is 0.295 e. The topological polar surface area (TPSA) is 83.8 Å². The van der Waals surface area contributed by atoms with Gasteiger partial charge in [0.1, 0.15) is 17.8 Å². The minimum Gasteiger partial charge on any atom is -0.432 e. The minimum atomic E-state index is -0.582. The van der Waals surface area contributed by atoms with E-state index in [-0.39, 0.29) is 16.6 Å². The van der Waals surface area contributed by atoms with E-state index in [1.54, 1.807) is 25.4 Å². The van der Waals surface area contributed by atoms with Crippen LogP contribution in [0, 0.1) is 5.82 Å². The zero-order chi connectivity index (χ0) is 19.0. The van der Waals surface area contributed by atoms with Gasteiger partial charge < -0.3 is 14.7 Å². The van der Waals surface area contributed by atoms with Crippen LogP contribution in [0.5, 0.6) is 0 Å². The van der Waals surface area contributed by atoms with Crippen molar-refractivity contribution >= 4 is 28.5 Å². The van der Waals surface area contributed by atoms with Gasteiger partial charge in [-0.15, -0.1) is 0 Å². The van der Waals surface area contributed by atoms with Crippen LogP contribution in [0.1, 0.15) is 18.5 Å². The normalized spacial score (nSPS) is 12.3. The van der Waals surface area contributed by atoms with Gasteiger partial charge in [0.05, 0.1) is 16.6 Å². The van der Waals surface area contributed by atoms with Crippen molar-refractivity contribution in [3.63, 3.8) is 0 Å². The Kier molecular flexibility index (Phi) is 4.37. The lowest BCUT2D eigenvalue weighted by molar-refractivity contribution is 0.563. The lowest BCUT2D eigenvalue weighted by atomic mass is 10.1. The molecule has 0 spiro atoms. The van der Waals surface area contributed by atoms with E-state index in [1.807, 2.05) is 12.1 Å². The zero-order valence-corrected chi connectivity index (χ0v) is 14.9. The van der Waals surface area contributed by atoms with Gasteiger partial charge in [-0.05, 0) is 37.3 Å². The first-order valence-electron chi connectivity index (χ1n) is 8.15. The molecule has 0 saturated heterocycles. The summed E-state index contributed by atoms with van der Waals surface area (Å²) in [6.07, 6.45) is 4.87. The second kappa shape index (κ2) is 6.85. The molecule has 27 heavy (non-hydrogen) atoms. The fraction of sp³-hybridized carbons (Fsp3) is 0.105. The van der Waals surface area contributed by atoms with E-state index in [4.69, 9.17) is 16.0 Å². The molecule has 8 heteroatoms. The molecule has 1 aromatic carbocycles. The fourth-order valence-corrected chi connectivity index (χ4v) is 2.96. The Morgan fingerprint density at radius 1 is 1.33 bits per heavy atom. The number of H-pyrrole nitrogens is 1. The number of nitrogens with zero attached hydrogens (tertiary/aromatic N) is 2. The van der Waals surface area contributed by atoms with Gasteiger partial charge in [-0.25, -0.2) is 4.39 Å². The van der Waals surface area contributed by atoms with Crippen molar-refractivity contribution in [2.75, 3.05) is 5.32 Å². The van der Waals surface area contributed by atoms with E-state index < -0.39 is 11.9 Å². The molecule has 4 aromatic rings. The molecule has 0 aliphatic heterocycles. The highest BCUT2D eigenvalue weighted by Gasteiger charge is 2.15. The minimum absolute atomic E-state index is 0.00470. The van der Waals surface area contributed by atoms with Crippen molar-refractivity contribution in [3.8, 4) is 11.3 Å². The molecular weight excluding hydrogens is 371 g/mol. The average Bonchev–Trinajstić information content (AvgIpc) is 3.12. The van der Waals surface area contributed by atoms with Crippen LogP contribution in [-0.2, 0) is 0 Å². The van der Waals surface area contributed by atoms with Crippen LogP contribution in [0.2, 0.25) is 5.02 Å². The van der Waals surface area contributed by atoms with E-state index in [1.165, 1.54) is 18.4 Å². The standard InChI is InChI=1S/C19H14ClFN4O2/c1-10(23-19-25-17(9-27-19)11-3-2-4-22-8-11)13-5-12-6-14(20)15(21)7-16(12)24-18(13)26/h2-10H,1H3,(H,23,25)(H,24,26)/t10-/m0/s1. The Balaban J connectivity index is 1.62. The van der Waals surface area contributed by atoms with Gasteiger partial charge in [0.2, 0.25) is 0 Å². The monoisotopic (exact) mass is 384 g/mol. The van der Waals surface area contributed by atoms with Gasteiger partial charge in [-0.3, -0.25) is 9.78 Å². The second-order valence-electron chi connectivity index (χ2n) is 6.05. The third-order valence-electron chi connectivity index (χ3n) is 4.18. The zero-order valence-electron chi connectivity index (χ0n) is 14.2. The van der Waals surface area contributed by atoms with E-state index in [2.05, 4.69) is 20.3 Å². The number of oxazole rings is 1. The van der Waals surface area contributed by atoms with Crippen molar-refractivity contribution < 1.29 is 8.81 Å². The van der Waals surface area contributed by atoms with E-state index >= 15 is 0 Å². The second-order valence-corrected chi connectivity index (χ2v) is 6.46. The highest BCUT2D eigenvalue weighted by atomic mass is 35.5. The largest absolute Gasteiger partial charge is 0.432 e. The van der Waals surface area contributed by atoms with Gasteiger partial charge in [-0.2, -0.15) is 4.98 Å². The number of rotatable bonds is 4. The first-order chi connectivity index (χ1) is 13.0. The van der Waals surface area contributed by atoms with Crippen molar-refractivity contribution in [3.05, 3.63) is 75.7 Å². The van der Waals surface area contributed by atoms with Gasteiger partial charge in [0, 0.05) is 28.9 Å². The lowest BCUT2D eigenvalue weighted by Gasteiger charge is -2.12. The summed E-state index contributed by atoms with van der Waals surface area (Å²) in [6.45, 7) is 1.80. The Morgan fingerprint density at radius 3 is 2.96 bits per heavy atom. The van der Waals surface area contributed by atoms with Crippen molar-refractivity contribution in [1.82, 2.24) is 15.0 Å². The summed E-state index contributed by atoms with van der Waals surface area (Å²) in [7, 11) is 0. The molecule has 0 aliphatic rings. The molecule has 0 unspecified atom stereocenters. The molecule has 0 radical (unpaired) electrons. The van der Waals surface area contributed by atoms with Crippen molar-refractivity contribution in [2.45, 2.75) is 13.0 Å². The van der Waals surface area contributed by atoms with E-state index in [0.717, 1.165) is 5.56 Å². The maximum atomic E-state index is 13.6. The fourth-order valence-electron chi connectivity index (χ4n) is 2.79. The number of hydrogen-bond donors (Lipinski definition) is 2. The predicted molar refractivity (Wildman–Crippen MR) is 101 cm³/mol. The SMILES string of the molecule is C[C@H](Nc1nc(-c2cccnc2)co1)c1cc2cc(Cl)c(F)cc2[nH]c1=O. The van der Waals surface area contributed by atoms with Gasteiger partial charge in [-0.1, -0.05) is 11.6 Å². The number of nitrogens with one attached hydrogen (secondary N) is 2. The lowest BCUT2D eigenvalue weighted by Crippen LogP contribution is -2.19. The molecule has 1 atom stereocenters. The molecule has 0 fully saturated rings. The quantitative estimate of drug-likeness (QED) is 0.539. The molecule has 0 saturated carbocycles. The Hall–Kier alpha value is -3.19. The summed E-state index contributed by atoms with van der Waals surface area (Å²) < 4.78 is 19.0. The number of benzene rings is 1. The van der Waals surface area contributed by atoms with Crippen LogP contribution < -0.4 is 10.9 Å². The molecule has 136 valence electrons. The van der Waals surface area contributed by atoms with E-state index in [9.17, 15) is 9.18 Å². The molecule has 3 heterocycles. The van der Waals surface area contributed by atoms with Crippen LogP contribution in [0.25, 0.3) is 22.2 Å². The van der Waals surface area contributed by atoms with Crippen molar-refractivity contribution in [1.29, 1.82) is 0 Å². The Labute approximate surface area is 158 Å². The Bertz CT molecular complexity index is 1170. The first kappa shape index (κ1) is 17.2.